The summed E-state index contributed by atoms with van der Waals surface area (Å²) in [5, 5.41) is 9.02. The molecule has 146 valence electrons. The van der Waals surface area contributed by atoms with Crippen LogP contribution in [0.4, 0.5) is 0 Å². The summed E-state index contributed by atoms with van der Waals surface area (Å²) in [6.07, 6.45) is 2.32. The van der Waals surface area contributed by atoms with E-state index < -0.39 is 12.0 Å². The van der Waals surface area contributed by atoms with Gasteiger partial charge in [0.25, 0.3) is 0 Å². The Kier molecular flexibility index (Phi) is 7.31. The van der Waals surface area contributed by atoms with E-state index in [-0.39, 0.29) is 30.3 Å². The van der Waals surface area contributed by atoms with Gasteiger partial charge in [-0.3, -0.25) is 19.2 Å². The lowest BCUT2D eigenvalue weighted by atomic mass is 10.1. The normalized spacial score (nSPS) is 23.5. The molecule has 0 radical (unpaired) electrons. The first-order valence-electron chi connectivity index (χ1n) is 9.00. The quantitative estimate of drug-likeness (QED) is 0.745. The van der Waals surface area contributed by atoms with Crippen molar-refractivity contribution in [1.29, 1.82) is 0 Å². The molecule has 2 atom stereocenters. The predicted molar refractivity (Wildman–Crippen MR) is 97.5 cm³/mol. The number of amides is 3. The maximum absolute atomic E-state index is 12.9. The monoisotopic (exact) mass is 385 g/mol. The van der Waals surface area contributed by atoms with Crippen molar-refractivity contribution in [2.75, 3.05) is 31.3 Å². The molecule has 2 aliphatic heterocycles. The molecule has 0 saturated carbocycles. The molecule has 26 heavy (non-hydrogen) atoms. The fourth-order valence-corrected chi connectivity index (χ4v) is 4.73. The molecule has 0 spiro atoms. The number of carbonyl (C=O) groups excluding carboxylic acids is 3. The Balaban J connectivity index is 2.01. The molecular formula is C17H27N3O5S. The van der Waals surface area contributed by atoms with E-state index >= 15 is 0 Å². The van der Waals surface area contributed by atoms with Crippen LogP contribution in [0.25, 0.3) is 0 Å². The largest absolute Gasteiger partial charge is 0.480 e. The van der Waals surface area contributed by atoms with E-state index in [1.54, 1.807) is 28.5 Å². The van der Waals surface area contributed by atoms with Crippen molar-refractivity contribution in [2.45, 2.75) is 51.6 Å². The van der Waals surface area contributed by atoms with Crippen molar-refractivity contribution in [3.63, 3.8) is 0 Å². The Labute approximate surface area is 157 Å². The topological polar surface area (TPSA) is 98.2 Å². The van der Waals surface area contributed by atoms with Crippen LogP contribution in [0.3, 0.4) is 0 Å². The number of likely N-dealkylation sites (tertiary alicyclic amines) is 1. The molecule has 2 saturated heterocycles. The molecule has 9 heteroatoms. The molecule has 0 aromatic heterocycles. The molecule has 2 aliphatic rings. The Morgan fingerprint density at radius 3 is 2.54 bits per heavy atom. The Bertz CT molecular complexity index is 571. The van der Waals surface area contributed by atoms with Gasteiger partial charge in [-0.15, -0.1) is 11.8 Å². The van der Waals surface area contributed by atoms with Crippen LogP contribution in [0.5, 0.6) is 0 Å². The van der Waals surface area contributed by atoms with Crippen molar-refractivity contribution < 1.29 is 24.3 Å². The smallest absolute Gasteiger partial charge is 0.323 e. The summed E-state index contributed by atoms with van der Waals surface area (Å²) in [4.78, 5) is 52.6. The van der Waals surface area contributed by atoms with Crippen molar-refractivity contribution in [3.05, 3.63) is 0 Å². The first-order valence-corrected chi connectivity index (χ1v) is 10.2. The molecular weight excluding hydrogens is 358 g/mol. The van der Waals surface area contributed by atoms with E-state index in [9.17, 15) is 19.2 Å². The van der Waals surface area contributed by atoms with Crippen LogP contribution >= 0.6 is 11.8 Å². The van der Waals surface area contributed by atoms with Gasteiger partial charge in [-0.05, 0) is 19.3 Å². The second-order valence-corrected chi connectivity index (χ2v) is 7.68. The summed E-state index contributed by atoms with van der Waals surface area (Å²) in [6.45, 7) is 3.90. The molecule has 1 N–H and O–H groups in total. The summed E-state index contributed by atoms with van der Waals surface area (Å²) in [5.74, 6) is -0.173. The number of hydrogen-bond donors (Lipinski definition) is 1. The first kappa shape index (κ1) is 20.5. The number of carbonyl (C=O) groups is 4. The Morgan fingerprint density at radius 2 is 1.92 bits per heavy atom. The van der Waals surface area contributed by atoms with E-state index in [1.165, 1.54) is 11.8 Å². The highest BCUT2D eigenvalue weighted by atomic mass is 32.2. The molecule has 2 heterocycles. The maximum atomic E-state index is 12.9. The van der Waals surface area contributed by atoms with Crippen molar-refractivity contribution in [3.8, 4) is 0 Å². The highest BCUT2D eigenvalue weighted by Crippen LogP contribution is 2.25. The van der Waals surface area contributed by atoms with Gasteiger partial charge in [0.05, 0.1) is 5.88 Å². The summed E-state index contributed by atoms with van der Waals surface area (Å²) in [7, 11) is 0. The average Bonchev–Trinajstić information content (AvgIpc) is 2.96. The van der Waals surface area contributed by atoms with Gasteiger partial charge < -0.3 is 19.8 Å². The van der Waals surface area contributed by atoms with Crippen LogP contribution in [0.2, 0.25) is 0 Å². The van der Waals surface area contributed by atoms with Gasteiger partial charge in [0.2, 0.25) is 17.7 Å². The molecule has 0 bridgehead atoms. The van der Waals surface area contributed by atoms with Gasteiger partial charge in [-0.2, -0.15) is 0 Å². The van der Waals surface area contributed by atoms with Gasteiger partial charge in [0, 0.05) is 38.2 Å². The Morgan fingerprint density at radius 1 is 1.19 bits per heavy atom. The van der Waals surface area contributed by atoms with E-state index in [1.807, 2.05) is 0 Å². The van der Waals surface area contributed by atoms with E-state index in [0.29, 0.717) is 50.4 Å². The molecule has 2 fully saturated rings. The lowest BCUT2D eigenvalue weighted by molar-refractivity contribution is -0.145. The lowest BCUT2D eigenvalue weighted by Gasteiger charge is -2.30. The molecule has 2 rings (SSSR count). The summed E-state index contributed by atoms with van der Waals surface area (Å²) in [6, 6.07) is -0.584. The van der Waals surface area contributed by atoms with Gasteiger partial charge >= 0.3 is 5.97 Å². The zero-order chi connectivity index (χ0) is 19.3. The van der Waals surface area contributed by atoms with Crippen molar-refractivity contribution >= 4 is 35.5 Å². The lowest BCUT2D eigenvalue weighted by Crippen LogP contribution is -2.49. The van der Waals surface area contributed by atoms with Crippen LogP contribution in [0.1, 0.15) is 39.5 Å². The average molecular weight is 385 g/mol. The number of carboxylic acid groups (broad SMARTS) is 1. The molecule has 0 aromatic rings. The first-order chi connectivity index (χ1) is 12.3. The van der Waals surface area contributed by atoms with E-state index in [4.69, 9.17) is 5.11 Å². The number of hydrogen-bond acceptors (Lipinski definition) is 5. The maximum Gasteiger partial charge on any atom is 0.323 e. The highest BCUT2D eigenvalue weighted by molar-refractivity contribution is 7.99. The summed E-state index contributed by atoms with van der Waals surface area (Å²) in [5.41, 5.74) is 0. The van der Waals surface area contributed by atoms with Crippen molar-refractivity contribution in [2.24, 2.45) is 0 Å². The number of carboxylic acids is 1. The van der Waals surface area contributed by atoms with Crippen molar-refractivity contribution in [1.82, 2.24) is 14.7 Å². The van der Waals surface area contributed by atoms with Gasteiger partial charge in [0.1, 0.15) is 12.6 Å². The second-order valence-electron chi connectivity index (χ2n) is 6.68. The molecule has 3 amide bonds. The third kappa shape index (κ3) is 4.90. The molecule has 8 nitrogen and oxygen atoms in total. The third-order valence-corrected chi connectivity index (χ3v) is 5.96. The van der Waals surface area contributed by atoms with Crippen LogP contribution in [0, 0.1) is 0 Å². The van der Waals surface area contributed by atoms with Crippen LogP contribution < -0.4 is 0 Å². The summed E-state index contributed by atoms with van der Waals surface area (Å²) < 4.78 is 0. The minimum absolute atomic E-state index is 0.00902. The minimum Gasteiger partial charge on any atom is -0.480 e. The number of nitrogens with zero attached hydrogens (tertiary/aromatic N) is 3. The number of rotatable bonds is 5. The third-order valence-electron chi connectivity index (χ3n) is 4.95. The minimum atomic E-state index is -1.03. The fourth-order valence-electron chi connectivity index (χ4n) is 3.56. The number of thioether (sulfide) groups is 1. The molecule has 0 aromatic carbocycles. The standard InChI is InChI=1S/C17H27N3O5S/c1-3-15(22)20-11-26-10-14(20)17(25)18-7-4-5-13(6-8-18)19(12(2)21)9-16(23)24/h13-14H,3-11H2,1-2H3,(H,23,24). The zero-order valence-corrected chi connectivity index (χ0v) is 16.2. The van der Waals surface area contributed by atoms with Gasteiger partial charge in [0.15, 0.2) is 0 Å². The fraction of sp³-hybridized carbons (Fsp3) is 0.765. The zero-order valence-electron chi connectivity index (χ0n) is 15.3. The van der Waals surface area contributed by atoms with Gasteiger partial charge in [-0.1, -0.05) is 6.92 Å². The SMILES string of the molecule is CCC(=O)N1CSCC1C(=O)N1CCCC(N(CC(=O)O)C(C)=O)CC1. The van der Waals surface area contributed by atoms with Crippen LogP contribution in [-0.4, -0.2) is 86.8 Å². The van der Waals surface area contributed by atoms with E-state index in [2.05, 4.69) is 0 Å². The Hall–Kier alpha value is -1.77. The highest BCUT2D eigenvalue weighted by Gasteiger charge is 2.37. The van der Waals surface area contributed by atoms with Crippen LogP contribution in [0.15, 0.2) is 0 Å². The second kappa shape index (κ2) is 9.25. The van der Waals surface area contributed by atoms with Crippen LogP contribution in [-0.2, 0) is 19.2 Å². The summed E-state index contributed by atoms with van der Waals surface area (Å²) >= 11 is 1.59. The molecule has 0 aliphatic carbocycles. The van der Waals surface area contributed by atoms with E-state index in [0.717, 1.165) is 0 Å². The predicted octanol–water partition coefficient (Wildman–Crippen LogP) is 0.612. The number of aliphatic carboxylic acids is 1. The van der Waals surface area contributed by atoms with Gasteiger partial charge in [-0.25, -0.2) is 0 Å². The molecule has 2 unspecified atom stereocenters.